The average Bonchev–Trinajstić information content (AvgIpc) is 2.53. The largest absolute Gasteiger partial charge is 0.364 e. The number of carbonyl (C=O) groups is 1. The van der Waals surface area contributed by atoms with Gasteiger partial charge in [0.05, 0.1) is 0 Å². The molecule has 21 heavy (non-hydrogen) atoms. The molecule has 4 heteroatoms. The summed E-state index contributed by atoms with van der Waals surface area (Å²) in [6.07, 6.45) is 9.03. The van der Waals surface area contributed by atoms with Crippen LogP contribution in [0.1, 0.15) is 16.7 Å². The minimum absolute atomic E-state index is 0.448. The molecular weight excluding hydrogens is 262 g/mol. The van der Waals surface area contributed by atoms with Crippen molar-refractivity contribution in [3.63, 3.8) is 0 Å². The van der Waals surface area contributed by atoms with Gasteiger partial charge in [-0.1, -0.05) is 24.3 Å². The third-order valence-electron chi connectivity index (χ3n) is 3.40. The van der Waals surface area contributed by atoms with Crippen LogP contribution in [0.2, 0.25) is 0 Å². The normalized spacial score (nSPS) is 13.9. The quantitative estimate of drug-likeness (QED) is 0.876. The molecular formula is C17H15N3O. The lowest BCUT2D eigenvalue weighted by atomic mass is 10.0. The summed E-state index contributed by atoms with van der Waals surface area (Å²) in [4.78, 5) is 17.6. The van der Waals surface area contributed by atoms with Crippen molar-refractivity contribution in [3.05, 3.63) is 77.4 Å². The van der Waals surface area contributed by atoms with Crippen LogP contribution in [0.4, 0.5) is 0 Å². The van der Waals surface area contributed by atoms with Gasteiger partial charge in [0, 0.05) is 25.1 Å². The molecule has 1 aliphatic rings. The van der Waals surface area contributed by atoms with Crippen molar-refractivity contribution in [2.45, 2.75) is 6.54 Å². The Kier molecular flexibility index (Phi) is 3.51. The van der Waals surface area contributed by atoms with Crippen LogP contribution in [0.25, 0.3) is 12.2 Å². The van der Waals surface area contributed by atoms with Crippen molar-refractivity contribution in [2.24, 2.45) is 5.73 Å². The van der Waals surface area contributed by atoms with E-state index < -0.39 is 5.91 Å². The second-order valence-corrected chi connectivity index (χ2v) is 4.82. The first-order chi connectivity index (χ1) is 10.2. The van der Waals surface area contributed by atoms with Crippen molar-refractivity contribution in [2.75, 3.05) is 0 Å². The number of hydrogen-bond donors (Lipinski definition) is 1. The molecule has 0 unspecified atom stereocenters. The molecule has 0 saturated carbocycles. The standard InChI is InChI=1S/C17H15N3O/c18-17(21)16(11-13-5-8-19-9-6-13)20-10-7-14-3-1-2-4-15(14)12-20/h1-11H,12H2,(H2,18,21)/b16-11+. The first-order valence-corrected chi connectivity index (χ1v) is 6.68. The van der Waals surface area contributed by atoms with E-state index in [4.69, 9.17) is 5.73 Å². The number of fused-ring (bicyclic) bond motifs is 1. The fourth-order valence-corrected chi connectivity index (χ4v) is 2.33. The maximum absolute atomic E-state index is 11.8. The van der Waals surface area contributed by atoms with E-state index in [2.05, 4.69) is 17.1 Å². The summed E-state index contributed by atoms with van der Waals surface area (Å²) in [6, 6.07) is 11.8. The summed E-state index contributed by atoms with van der Waals surface area (Å²) < 4.78 is 0. The first kappa shape index (κ1) is 13.1. The highest BCUT2D eigenvalue weighted by molar-refractivity contribution is 5.96. The second-order valence-electron chi connectivity index (χ2n) is 4.82. The first-order valence-electron chi connectivity index (χ1n) is 6.68. The molecule has 3 rings (SSSR count). The number of aromatic nitrogens is 1. The van der Waals surface area contributed by atoms with E-state index in [1.54, 1.807) is 18.5 Å². The number of hydrogen-bond acceptors (Lipinski definition) is 3. The van der Waals surface area contributed by atoms with Gasteiger partial charge in [-0.25, -0.2) is 0 Å². The monoisotopic (exact) mass is 277 g/mol. The number of amides is 1. The molecule has 0 atom stereocenters. The van der Waals surface area contributed by atoms with E-state index in [-0.39, 0.29) is 0 Å². The molecule has 1 aliphatic heterocycles. The van der Waals surface area contributed by atoms with Crippen LogP contribution in [0.3, 0.4) is 0 Å². The van der Waals surface area contributed by atoms with E-state index in [0.29, 0.717) is 12.2 Å². The predicted molar refractivity (Wildman–Crippen MR) is 82.4 cm³/mol. The summed E-state index contributed by atoms with van der Waals surface area (Å²) in [5.74, 6) is -0.448. The molecule has 104 valence electrons. The molecule has 1 aromatic carbocycles. The van der Waals surface area contributed by atoms with Gasteiger partial charge >= 0.3 is 0 Å². The van der Waals surface area contributed by atoms with Gasteiger partial charge in [-0.2, -0.15) is 0 Å². The van der Waals surface area contributed by atoms with Crippen LogP contribution in [-0.2, 0) is 11.3 Å². The van der Waals surface area contributed by atoms with E-state index in [9.17, 15) is 4.79 Å². The van der Waals surface area contributed by atoms with Gasteiger partial charge in [0.2, 0.25) is 0 Å². The van der Waals surface area contributed by atoms with Crippen LogP contribution in [0.5, 0.6) is 0 Å². The number of nitrogens with two attached hydrogens (primary N) is 1. The Labute approximate surface area is 123 Å². The number of benzene rings is 1. The summed E-state index contributed by atoms with van der Waals surface area (Å²) in [5, 5.41) is 0. The van der Waals surface area contributed by atoms with Crippen molar-refractivity contribution >= 4 is 18.1 Å². The molecule has 2 heterocycles. The third kappa shape index (κ3) is 2.84. The Balaban J connectivity index is 1.94. The summed E-state index contributed by atoms with van der Waals surface area (Å²) in [7, 11) is 0. The van der Waals surface area contributed by atoms with Crippen LogP contribution < -0.4 is 5.73 Å². The van der Waals surface area contributed by atoms with Crippen LogP contribution >= 0.6 is 0 Å². The number of rotatable bonds is 3. The predicted octanol–water partition coefficient (Wildman–Crippen LogP) is 2.39. The Morgan fingerprint density at radius 2 is 1.95 bits per heavy atom. The molecule has 4 nitrogen and oxygen atoms in total. The van der Waals surface area contributed by atoms with Crippen molar-refractivity contribution in [1.29, 1.82) is 0 Å². The average molecular weight is 277 g/mol. The molecule has 1 amide bonds. The molecule has 1 aromatic heterocycles. The van der Waals surface area contributed by atoms with Crippen LogP contribution in [-0.4, -0.2) is 15.8 Å². The summed E-state index contributed by atoms with van der Waals surface area (Å²) >= 11 is 0. The molecule has 0 radical (unpaired) electrons. The Morgan fingerprint density at radius 3 is 2.71 bits per heavy atom. The maximum atomic E-state index is 11.8. The minimum Gasteiger partial charge on any atom is -0.364 e. The number of carbonyl (C=O) groups excluding carboxylic acids is 1. The summed E-state index contributed by atoms with van der Waals surface area (Å²) in [6.45, 7) is 0.631. The fraction of sp³-hybridized carbons (Fsp3) is 0.0588. The minimum atomic E-state index is -0.448. The van der Waals surface area contributed by atoms with E-state index >= 15 is 0 Å². The van der Waals surface area contributed by atoms with Gasteiger partial charge in [0.25, 0.3) is 5.91 Å². The molecule has 0 aliphatic carbocycles. The Bertz CT molecular complexity index is 720. The third-order valence-corrected chi connectivity index (χ3v) is 3.40. The van der Waals surface area contributed by atoms with Gasteiger partial charge in [0.1, 0.15) is 5.70 Å². The fourth-order valence-electron chi connectivity index (χ4n) is 2.33. The molecule has 0 saturated heterocycles. The topological polar surface area (TPSA) is 59.2 Å². The van der Waals surface area contributed by atoms with Gasteiger partial charge in [-0.3, -0.25) is 9.78 Å². The van der Waals surface area contributed by atoms with Gasteiger partial charge in [0.15, 0.2) is 0 Å². The van der Waals surface area contributed by atoms with E-state index in [1.807, 2.05) is 41.4 Å². The van der Waals surface area contributed by atoms with Gasteiger partial charge in [-0.15, -0.1) is 0 Å². The Hall–Kier alpha value is -2.88. The zero-order valence-electron chi connectivity index (χ0n) is 11.4. The van der Waals surface area contributed by atoms with Gasteiger partial charge < -0.3 is 10.6 Å². The molecule has 2 aromatic rings. The highest BCUT2D eigenvalue weighted by atomic mass is 16.1. The molecule has 0 spiro atoms. The molecule has 0 bridgehead atoms. The SMILES string of the molecule is NC(=O)/C(=C\c1ccncc1)N1C=Cc2ccccc2C1. The lowest BCUT2D eigenvalue weighted by Crippen LogP contribution is -2.28. The summed E-state index contributed by atoms with van der Waals surface area (Å²) in [5.41, 5.74) is 9.23. The highest BCUT2D eigenvalue weighted by Crippen LogP contribution is 2.23. The smallest absolute Gasteiger partial charge is 0.265 e. The van der Waals surface area contributed by atoms with Crippen molar-refractivity contribution in [3.8, 4) is 0 Å². The highest BCUT2D eigenvalue weighted by Gasteiger charge is 2.17. The van der Waals surface area contributed by atoms with Crippen LogP contribution in [0.15, 0.2) is 60.7 Å². The van der Waals surface area contributed by atoms with Crippen molar-refractivity contribution < 1.29 is 4.79 Å². The number of pyridine rings is 1. The van der Waals surface area contributed by atoms with Gasteiger partial charge in [-0.05, 0) is 41.0 Å². The van der Waals surface area contributed by atoms with E-state index in [0.717, 1.165) is 5.56 Å². The number of nitrogens with zero attached hydrogens (tertiary/aromatic N) is 2. The lowest BCUT2D eigenvalue weighted by molar-refractivity contribution is -0.115. The second kappa shape index (κ2) is 5.63. The molecule has 0 fully saturated rings. The number of primary amides is 1. The zero-order chi connectivity index (χ0) is 14.7. The Morgan fingerprint density at radius 1 is 1.19 bits per heavy atom. The maximum Gasteiger partial charge on any atom is 0.265 e. The van der Waals surface area contributed by atoms with E-state index in [1.165, 1.54) is 11.1 Å². The molecule has 2 N–H and O–H groups in total. The zero-order valence-corrected chi connectivity index (χ0v) is 11.4. The van der Waals surface area contributed by atoms with Crippen LogP contribution in [0, 0.1) is 0 Å². The lowest BCUT2D eigenvalue weighted by Gasteiger charge is -2.26. The van der Waals surface area contributed by atoms with Crippen molar-refractivity contribution in [1.82, 2.24) is 9.88 Å².